The Labute approximate surface area is 119 Å². The third-order valence-electron chi connectivity index (χ3n) is 2.61. The average Bonchev–Trinajstić information content (AvgIpc) is 2.42. The molecule has 0 unspecified atom stereocenters. The first kappa shape index (κ1) is 15.9. The molecule has 0 bridgehead atoms. The second-order valence-electron chi connectivity index (χ2n) is 4.38. The number of amides is 1. The zero-order chi connectivity index (χ0) is 14.1. The quantitative estimate of drug-likeness (QED) is 0.738. The summed E-state index contributed by atoms with van der Waals surface area (Å²) < 4.78 is 4.93. The summed E-state index contributed by atoms with van der Waals surface area (Å²) in [4.78, 5) is 13.6. The number of hydrogen-bond acceptors (Lipinski definition) is 4. The predicted octanol–water partition coefficient (Wildman–Crippen LogP) is 1.75. The number of thioether (sulfide) groups is 1. The van der Waals surface area contributed by atoms with Crippen LogP contribution in [0, 0.1) is 0 Å². The number of ether oxygens (including phenoxy) is 1. The summed E-state index contributed by atoms with van der Waals surface area (Å²) in [7, 11) is 5.68. The van der Waals surface area contributed by atoms with E-state index < -0.39 is 0 Å². The Kier molecular flexibility index (Phi) is 7.36. The summed E-state index contributed by atoms with van der Waals surface area (Å²) in [6.07, 6.45) is 0. The van der Waals surface area contributed by atoms with Gasteiger partial charge in [-0.25, -0.2) is 0 Å². The Morgan fingerprint density at radius 1 is 1.32 bits per heavy atom. The van der Waals surface area contributed by atoms with Gasteiger partial charge in [-0.15, -0.1) is 11.8 Å². The molecule has 0 heterocycles. The second-order valence-corrected chi connectivity index (χ2v) is 5.49. The lowest BCUT2D eigenvalue weighted by atomic mass is 10.2. The van der Waals surface area contributed by atoms with Gasteiger partial charge in [-0.05, 0) is 17.7 Å². The van der Waals surface area contributed by atoms with Crippen molar-refractivity contribution in [3.63, 3.8) is 0 Å². The molecule has 0 aliphatic rings. The fourth-order valence-corrected chi connectivity index (χ4v) is 2.19. The maximum Gasteiger partial charge on any atom is 0.230 e. The highest BCUT2D eigenvalue weighted by Gasteiger charge is 2.02. The van der Waals surface area contributed by atoms with Gasteiger partial charge in [0.25, 0.3) is 0 Å². The van der Waals surface area contributed by atoms with Crippen molar-refractivity contribution in [2.24, 2.45) is 0 Å². The molecule has 0 aliphatic carbocycles. The zero-order valence-corrected chi connectivity index (χ0v) is 12.6. The van der Waals surface area contributed by atoms with Crippen molar-refractivity contribution in [1.82, 2.24) is 5.32 Å². The van der Waals surface area contributed by atoms with Crippen LogP contribution in [-0.4, -0.2) is 45.2 Å². The van der Waals surface area contributed by atoms with E-state index in [0.29, 0.717) is 18.9 Å². The van der Waals surface area contributed by atoms with E-state index >= 15 is 0 Å². The van der Waals surface area contributed by atoms with E-state index in [-0.39, 0.29) is 5.91 Å². The normalized spacial score (nSPS) is 10.3. The lowest BCUT2D eigenvalue weighted by molar-refractivity contribution is -0.118. The molecule has 106 valence electrons. The van der Waals surface area contributed by atoms with Crippen LogP contribution in [0.4, 0.5) is 5.69 Å². The molecule has 1 N–H and O–H groups in total. The molecule has 1 aromatic carbocycles. The number of methoxy groups -OCH3 is 1. The average molecular weight is 282 g/mol. The molecule has 0 fully saturated rings. The lowest BCUT2D eigenvalue weighted by Gasteiger charge is -2.12. The van der Waals surface area contributed by atoms with Gasteiger partial charge in [-0.2, -0.15) is 0 Å². The molecule has 0 aliphatic heterocycles. The van der Waals surface area contributed by atoms with Gasteiger partial charge in [0.2, 0.25) is 5.91 Å². The molecule has 0 radical (unpaired) electrons. The van der Waals surface area contributed by atoms with Gasteiger partial charge >= 0.3 is 0 Å². The third-order valence-corrected chi connectivity index (χ3v) is 3.53. The van der Waals surface area contributed by atoms with Gasteiger partial charge in [0.1, 0.15) is 0 Å². The summed E-state index contributed by atoms with van der Waals surface area (Å²) in [6.45, 7) is 1.27. The fourth-order valence-electron chi connectivity index (χ4n) is 1.47. The number of rotatable bonds is 8. The van der Waals surface area contributed by atoms with E-state index in [4.69, 9.17) is 4.74 Å². The Morgan fingerprint density at radius 2 is 2.00 bits per heavy atom. The highest BCUT2D eigenvalue weighted by atomic mass is 32.2. The molecule has 1 rings (SSSR count). The summed E-state index contributed by atoms with van der Waals surface area (Å²) in [5.74, 6) is 1.40. The second kappa shape index (κ2) is 8.82. The van der Waals surface area contributed by atoms with Crippen LogP contribution in [0.5, 0.6) is 0 Å². The topological polar surface area (TPSA) is 41.6 Å². The summed E-state index contributed by atoms with van der Waals surface area (Å²) >= 11 is 1.58. The van der Waals surface area contributed by atoms with Crippen molar-refractivity contribution < 1.29 is 9.53 Å². The zero-order valence-electron chi connectivity index (χ0n) is 11.8. The molecule has 1 amide bonds. The van der Waals surface area contributed by atoms with Crippen molar-refractivity contribution in [3.8, 4) is 0 Å². The highest BCUT2D eigenvalue weighted by molar-refractivity contribution is 7.99. The summed E-state index contributed by atoms with van der Waals surface area (Å²) in [5.41, 5.74) is 2.27. The van der Waals surface area contributed by atoms with Crippen molar-refractivity contribution in [1.29, 1.82) is 0 Å². The SMILES string of the molecule is COCCSCC(=O)NCc1ccc(N(C)C)cc1. The molecule has 0 atom stereocenters. The van der Waals surface area contributed by atoms with Crippen LogP contribution in [0.25, 0.3) is 0 Å². The van der Waals surface area contributed by atoms with Crippen molar-refractivity contribution in [2.75, 3.05) is 44.2 Å². The van der Waals surface area contributed by atoms with E-state index in [9.17, 15) is 4.79 Å². The minimum absolute atomic E-state index is 0.0674. The van der Waals surface area contributed by atoms with Crippen LogP contribution in [0.15, 0.2) is 24.3 Å². The van der Waals surface area contributed by atoms with E-state index in [1.807, 2.05) is 26.2 Å². The molecular weight excluding hydrogens is 260 g/mol. The van der Waals surface area contributed by atoms with Crippen molar-refractivity contribution in [2.45, 2.75) is 6.54 Å². The van der Waals surface area contributed by atoms with Crippen LogP contribution >= 0.6 is 11.8 Å². The number of benzene rings is 1. The van der Waals surface area contributed by atoms with Crippen LogP contribution < -0.4 is 10.2 Å². The Morgan fingerprint density at radius 3 is 2.58 bits per heavy atom. The minimum atomic E-state index is 0.0674. The molecule has 0 aromatic heterocycles. The Hall–Kier alpha value is -1.20. The number of carbonyl (C=O) groups is 1. The molecule has 1 aromatic rings. The lowest BCUT2D eigenvalue weighted by Crippen LogP contribution is -2.24. The number of carbonyl (C=O) groups excluding carboxylic acids is 1. The van der Waals surface area contributed by atoms with E-state index in [1.165, 1.54) is 0 Å². The summed E-state index contributed by atoms with van der Waals surface area (Å²) in [5, 5.41) is 2.91. The van der Waals surface area contributed by atoms with Crippen molar-refractivity contribution in [3.05, 3.63) is 29.8 Å². The number of anilines is 1. The van der Waals surface area contributed by atoms with E-state index in [2.05, 4.69) is 22.3 Å². The monoisotopic (exact) mass is 282 g/mol. The molecule has 0 saturated heterocycles. The van der Waals surface area contributed by atoms with Gasteiger partial charge in [0.05, 0.1) is 12.4 Å². The van der Waals surface area contributed by atoms with Crippen LogP contribution in [0.1, 0.15) is 5.56 Å². The minimum Gasteiger partial charge on any atom is -0.384 e. The molecular formula is C14H22N2O2S. The maximum atomic E-state index is 11.6. The van der Waals surface area contributed by atoms with Crippen LogP contribution in [0.3, 0.4) is 0 Å². The van der Waals surface area contributed by atoms with Gasteiger partial charge in [-0.1, -0.05) is 12.1 Å². The number of hydrogen-bond donors (Lipinski definition) is 1. The Balaban J connectivity index is 2.26. The van der Waals surface area contributed by atoms with Gasteiger partial charge < -0.3 is 15.0 Å². The number of nitrogens with one attached hydrogen (secondary N) is 1. The first-order valence-electron chi connectivity index (χ1n) is 6.23. The largest absolute Gasteiger partial charge is 0.384 e. The van der Waals surface area contributed by atoms with E-state index in [0.717, 1.165) is 17.0 Å². The maximum absolute atomic E-state index is 11.6. The van der Waals surface area contributed by atoms with Gasteiger partial charge in [0, 0.05) is 39.2 Å². The molecule has 19 heavy (non-hydrogen) atoms. The van der Waals surface area contributed by atoms with E-state index in [1.54, 1.807) is 18.9 Å². The molecule has 4 nitrogen and oxygen atoms in total. The summed E-state index contributed by atoms with van der Waals surface area (Å²) in [6, 6.07) is 8.17. The van der Waals surface area contributed by atoms with Gasteiger partial charge in [-0.3, -0.25) is 4.79 Å². The van der Waals surface area contributed by atoms with Gasteiger partial charge in [0.15, 0.2) is 0 Å². The smallest absolute Gasteiger partial charge is 0.230 e. The third kappa shape index (κ3) is 6.50. The van der Waals surface area contributed by atoms with Crippen molar-refractivity contribution >= 4 is 23.4 Å². The number of nitrogens with zero attached hydrogens (tertiary/aromatic N) is 1. The predicted molar refractivity (Wildman–Crippen MR) is 81.8 cm³/mol. The molecule has 5 heteroatoms. The fraction of sp³-hybridized carbons (Fsp3) is 0.500. The van der Waals surface area contributed by atoms with Crippen LogP contribution in [-0.2, 0) is 16.1 Å². The highest BCUT2D eigenvalue weighted by Crippen LogP contribution is 2.12. The molecule has 0 saturated carbocycles. The Bertz CT molecular complexity index is 380. The first-order chi connectivity index (χ1) is 9.13. The molecule has 0 spiro atoms. The standard InChI is InChI=1S/C14H22N2O2S/c1-16(2)13-6-4-12(5-7-13)10-15-14(17)11-19-9-8-18-3/h4-7H,8-11H2,1-3H3,(H,15,17). The van der Waals surface area contributed by atoms with Crippen LogP contribution in [0.2, 0.25) is 0 Å². The first-order valence-corrected chi connectivity index (χ1v) is 7.38.